The van der Waals surface area contributed by atoms with Crippen LogP contribution in [0, 0.1) is 0 Å². The third-order valence-corrected chi connectivity index (χ3v) is 5.38. The molecule has 1 aliphatic heterocycles. The molecule has 1 amide bonds. The molecule has 0 unspecified atom stereocenters. The first kappa shape index (κ1) is 18.8. The number of halogens is 1. The molecule has 3 rings (SSSR count). The van der Waals surface area contributed by atoms with Crippen molar-refractivity contribution in [2.24, 2.45) is 0 Å². The summed E-state index contributed by atoms with van der Waals surface area (Å²) in [6.45, 7) is 1.39. The second-order valence-corrected chi connectivity index (χ2v) is 7.78. The summed E-state index contributed by atoms with van der Waals surface area (Å²) >= 11 is 7.65. The third-order valence-electron chi connectivity index (χ3n) is 4.07. The van der Waals surface area contributed by atoms with Gasteiger partial charge in [-0.05, 0) is 56.1 Å². The van der Waals surface area contributed by atoms with Crippen LogP contribution in [0.15, 0.2) is 52.3 Å². The molecule has 1 heterocycles. The number of hydrogen-bond acceptors (Lipinski definition) is 4. The number of ether oxygens (including phenoxy) is 1. The Labute approximate surface area is 163 Å². The number of hydrogen-bond donors (Lipinski definition) is 0. The van der Waals surface area contributed by atoms with Gasteiger partial charge in [-0.3, -0.25) is 4.79 Å². The van der Waals surface area contributed by atoms with Crippen molar-refractivity contribution in [1.29, 1.82) is 0 Å². The van der Waals surface area contributed by atoms with Gasteiger partial charge < -0.3 is 14.5 Å². The van der Waals surface area contributed by atoms with Crippen LogP contribution < -0.4 is 9.64 Å². The smallest absolute Gasteiger partial charge is 0.265 e. The SMILES string of the molecule is COc1ccc(/C=C2\Sc3ccc(Cl)cc3N(CCN(C)C)C2=O)cc1. The van der Waals surface area contributed by atoms with Gasteiger partial charge in [0.05, 0.1) is 17.7 Å². The van der Waals surface area contributed by atoms with Gasteiger partial charge in [0, 0.05) is 23.0 Å². The lowest BCUT2D eigenvalue weighted by atomic mass is 10.2. The van der Waals surface area contributed by atoms with E-state index < -0.39 is 0 Å². The highest BCUT2D eigenvalue weighted by Gasteiger charge is 2.29. The van der Waals surface area contributed by atoms with Gasteiger partial charge in [0.15, 0.2) is 0 Å². The normalized spacial score (nSPS) is 15.5. The molecule has 1 aliphatic rings. The fourth-order valence-electron chi connectivity index (χ4n) is 2.66. The Balaban J connectivity index is 1.95. The summed E-state index contributed by atoms with van der Waals surface area (Å²) in [6.07, 6.45) is 1.92. The van der Waals surface area contributed by atoms with E-state index in [9.17, 15) is 4.79 Å². The second kappa shape index (κ2) is 8.16. The summed E-state index contributed by atoms with van der Waals surface area (Å²) in [6, 6.07) is 13.4. The van der Waals surface area contributed by atoms with Gasteiger partial charge in [0.25, 0.3) is 5.91 Å². The number of methoxy groups -OCH3 is 1. The summed E-state index contributed by atoms with van der Waals surface area (Å²) in [5.41, 5.74) is 1.84. The Hall–Kier alpha value is -1.95. The molecule has 6 heteroatoms. The largest absolute Gasteiger partial charge is 0.497 e. The number of carbonyl (C=O) groups is 1. The molecule has 4 nitrogen and oxygen atoms in total. The topological polar surface area (TPSA) is 32.8 Å². The summed E-state index contributed by atoms with van der Waals surface area (Å²) in [4.78, 5) is 18.7. The van der Waals surface area contributed by atoms with Crippen LogP contribution in [0.2, 0.25) is 5.02 Å². The van der Waals surface area contributed by atoms with E-state index in [1.54, 1.807) is 7.11 Å². The molecule has 2 aromatic rings. The molecule has 2 aromatic carbocycles. The van der Waals surface area contributed by atoms with E-state index >= 15 is 0 Å². The van der Waals surface area contributed by atoms with Crippen LogP contribution in [-0.2, 0) is 4.79 Å². The van der Waals surface area contributed by atoms with Crippen molar-refractivity contribution in [2.45, 2.75) is 4.90 Å². The first-order chi connectivity index (χ1) is 12.5. The van der Waals surface area contributed by atoms with Gasteiger partial charge in [0.2, 0.25) is 0 Å². The number of anilines is 1. The lowest BCUT2D eigenvalue weighted by Crippen LogP contribution is -2.39. The van der Waals surface area contributed by atoms with Gasteiger partial charge in [-0.25, -0.2) is 0 Å². The van der Waals surface area contributed by atoms with Gasteiger partial charge in [-0.2, -0.15) is 0 Å². The molecular weight excluding hydrogens is 368 g/mol. The molecule has 26 heavy (non-hydrogen) atoms. The molecule has 0 N–H and O–H groups in total. The number of carbonyl (C=O) groups excluding carboxylic acids is 1. The Morgan fingerprint density at radius 2 is 1.92 bits per heavy atom. The maximum atomic E-state index is 13.1. The average molecular weight is 389 g/mol. The van der Waals surface area contributed by atoms with Crippen LogP contribution in [-0.4, -0.2) is 45.1 Å². The van der Waals surface area contributed by atoms with Gasteiger partial charge in [0.1, 0.15) is 5.75 Å². The molecule has 0 atom stereocenters. The molecule has 0 saturated heterocycles. The Kier molecular flexibility index (Phi) is 5.91. The minimum Gasteiger partial charge on any atom is -0.497 e. The quantitative estimate of drug-likeness (QED) is 0.711. The number of nitrogens with zero attached hydrogens (tertiary/aromatic N) is 2. The van der Waals surface area contributed by atoms with Crippen molar-refractivity contribution in [1.82, 2.24) is 4.90 Å². The van der Waals surface area contributed by atoms with Crippen molar-refractivity contribution in [3.8, 4) is 5.75 Å². The number of thioether (sulfide) groups is 1. The molecule has 0 spiro atoms. The monoisotopic (exact) mass is 388 g/mol. The predicted octanol–water partition coefficient (Wildman–Crippen LogP) is 4.39. The molecule has 0 fully saturated rings. The van der Waals surface area contributed by atoms with Crippen LogP contribution in [0.3, 0.4) is 0 Å². The molecule has 0 aliphatic carbocycles. The average Bonchev–Trinajstić information content (AvgIpc) is 2.62. The van der Waals surface area contributed by atoms with Crippen molar-refractivity contribution >= 4 is 41.0 Å². The lowest BCUT2D eigenvalue weighted by Gasteiger charge is -2.31. The van der Waals surface area contributed by atoms with E-state index in [2.05, 4.69) is 4.90 Å². The molecule has 0 radical (unpaired) electrons. The first-order valence-electron chi connectivity index (χ1n) is 8.27. The number of likely N-dealkylation sites (N-methyl/N-ethyl adjacent to an activating group) is 1. The molecule has 0 bridgehead atoms. The summed E-state index contributed by atoms with van der Waals surface area (Å²) in [7, 11) is 5.63. The number of rotatable bonds is 5. The van der Waals surface area contributed by atoms with Gasteiger partial charge >= 0.3 is 0 Å². The minimum absolute atomic E-state index is 0.00225. The second-order valence-electron chi connectivity index (χ2n) is 6.26. The Morgan fingerprint density at radius 1 is 1.19 bits per heavy atom. The van der Waals surface area contributed by atoms with Gasteiger partial charge in [-0.1, -0.05) is 35.5 Å². The van der Waals surface area contributed by atoms with E-state index in [1.807, 2.05) is 67.5 Å². The Bertz CT molecular complexity index is 834. The van der Waals surface area contributed by atoms with Crippen LogP contribution in [0.4, 0.5) is 5.69 Å². The number of benzene rings is 2. The van der Waals surface area contributed by atoms with E-state index in [0.29, 0.717) is 16.5 Å². The zero-order valence-corrected chi connectivity index (χ0v) is 16.6. The van der Waals surface area contributed by atoms with Crippen molar-refractivity contribution in [3.63, 3.8) is 0 Å². The minimum atomic E-state index is 0.00225. The molecule has 136 valence electrons. The van der Waals surface area contributed by atoms with E-state index in [0.717, 1.165) is 28.4 Å². The summed E-state index contributed by atoms with van der Waals surface area (Å²) in [5.74, 6) is 0.796. The number of fused-ring (bicyclic) bond motifs is 1. The van der Waals surface area contributed by atoms with Crippen molar-refractivity contribution < 1.29 is 9.53 Å². The van der Waals surface area contributed by atoms with E-state index in [1.165, 1.54) is 11.8 Å². The lowest BCUT2D eigenvalue weighted by molar-refractivity contribution is -0.114. The molecule has 0 saturated carbocycles. The maximum Gasteiger partial charge on any atom is 0.265 e. The van der Waals surface area contributed by atoms with Crippen molar-refractivity contribution in [2.75, 3.05) is 39.2 Å². The zero-order chi connectivity index (χ0) is 18.7. The highest BCUT2D eigenvalue weighted by Crippen LogP contribution is 2.43. The molecule has 0 aromatic heterocycles. The van der Waals surface area contributed by atoms with Crippen LogP contribution in [0.1, 0.15) is 5.56 Å². The number of amides is 1. The van der Waals surface area contributed by atoms with E-state index in [4.69, 9.17) is 16.3 Å². The third kappa shape index (κ3) is 4.23. The van der Waals surface area contributed by atoms with Crippen LogP contribution >= 0.6 is 23.4 Å². The standard InChI is InChI=1S/C20H21ClN2O2S/c1-22(2)10-11-23-17-13-15(21)6-9-18(17)26-19(20(23)24)12-14-4-7-16(25-3)8-5-14/h4-9,12-13H,10-11H2,1-3H3/b19-12-. The van der Waals surface area contributed by atoms with Crippen molar-refractivity contribution in [3.05, 3.63) is 58.0 Å². The van der Waals surface area contributed by atoms with Crippen LogP contribution in [0.5, 0.6) is 5.75 Å². The molecular formula is C20H21ClN2O2S. The highest BCUT2D eigenvalue weighted by molar-refractivity contribution is 8.04. The fourth-order valence-corrected chi connectivity index (χ4v) is 3.86. The highest BCUT2D eigenvalue weighted by atomic mass is 35.5. The maximum absolute atomic E-state index is 13.1. The fraction of sp³-hybridized carbons (Fsp3) is 0.250. The first-order valence-corrected chi connectivity index (χ1v) is 9.47. The summed E-state index contributed by atoms with van der Waals surface area (Å²) < 4.78 is 5.19. The predicted molar refractivity (Wildman–Crippen MR) is 109 cm³/mol. The Morgan fingerprint density at radius 3 is 2.58 bits per heavy atom. The van der Waals surface area contributed by atoms with E-state index in [-0.39, 0.29) is 5.91 Å². The van der Waals surface area contributed by atoms with Crippen LogP contribution in [0.25, 0.3) is 6.08 Å². The zero-order valence-electron chi connectivity index (χ0n) is 15.0. The summed E-state index contributed by atoms with van der Waals surface area (Å²) in [5, 5.41) is 0.634. The van der Waals surface area contributed by atoms with Gasteiger partial charge in [-0.15, -0.1) is 0 Å².